The molecule has 0 bridgehead atoms. The maximum absolute atomic E-state index is 5.99. The van der Waals surface area contributed by atoms with Crippen molar-refractivity contribution >= 4 is 34.6 Å². The molecule has 1 heterocycles. The number of hydrogen-bond acceptors (Lipinski definition) is 3. The largest absolute Gasteiger partial charge is 0.397 e. The van der Waals surface area contributed by atoms with Crippen molar-refractivity contribution in [2.75, 3.05) is 11.1 Å². The molecule has 0 aliphatic rings. The zero-order chi connectivity index (χ0) is 14.0. The first kappa shape index (κ1) is 14.0. The predicted octanol–water partition coefficient (Wildman–Crippen LogP) is 3.48. The van der Waals surface area contributed by atoms with Gasteiger partial charge in [0.05, 0.1) is 27.1 Å². The van der Waals surface area contributed by atoms with E-state index in [0.717, 1.165) is 23.4 Å². The van der Waals surface area contributed by atoms with E-state index in [4.69, 9.17) is 28.9 Å². The molecule has 0 saturated heterocycles. The van der Waals surface area contributed by atoms with Crippen LogP contribution < -0.4 is 11.1 Å². The average Bonchev–Trinajstić information content (AvgIpc) is 2.72. The second-order valence-electron chi connectivity index (χ2n) is 4.34. The lowest BCUT2D eigenvalue weighted by Gasteiger charge is -2.10. The number of nitrogens with zero attached hydrogens (tertiary/aromatic N) is 2. The van der Waals surface area contributed by atoms with Crippen molar-refractivity contribution in [1.82, 2.24) is 9.78 Å². The summed E-state index contributed by atoms with van der Waals surface area (Å²) >= 11 is 11.9. The van der Waals surface area contributed by atoms with E-state index in [-0.39, 0.29) is 0 Å². The Morgan fingerprint density at radius 1 is 1.32 bits per heavy atom. The number of nitrogens with two attached hydrogens (primary N) is 1. The van der Waals surface area contributed by atoms with Crippen molar-refractivity contribution in [3.63, 3.8) is 0 Å². The van der Waals surface area contributed by atoms with Crippen LogP contribution in [0.25, 0.3) is 0 Å². The highest BCUT2D eigenvalue weighted by molar-refractivity contribution is 6.42. The number of nitrogen functional groups attached to an aromatic ring is 1. The lowest BCUT2D eigenvalue weighted by molar-refractivity contribution is 0.746. The van der Waals surface area contributed by atoms with Crippen molar-refractivity contribution in [1.29, 1.82) is 0 Å². The summed E-state index contributed by atoms with van der Waals surface area (Å²) in [6, 6.07) is 3.39. The summed E-state index contributed by atoms with van der Waals surface area (Å²) in [5.41, 5.74) is 9.49. The Kier molecular flexibility index (Phi) is 4.22. The topological polar surface area (TPSA) is 55.9 Å². The van der Waals surface area contributed by atoms with Crippen LogP contribution in [0.1, 0.15) is 18.2 Å². The third kappa shape index (κ3) is 3.14. The van der Waals surface area contributed by atoms with Crippen molar-refractivity contribution in [2.45, 2.75) is 19.9 Å². The highest BCUT2D eigenvalue weighted by Crippen LogP contribution is 2.31. The minimum Gasteiger partial charge on any atom is -0.397 e. The van der Waals surface area contributed by atoms with Gasteiger partial charge in [-0.05, 0) is 18.6 Å². The zero-order valence-corrected chi connectivity index (χ0v) is 12.4. The summed E-state index contributed by atoms with van der Waals surface area (Å²) in [7, 11) is 1.91. The Morgan fingerprint density at radius 3 is 2.68 bits per heavy atom. The second-order valence-corrected chi connectivity index (χ2v) is 5.15. The Hall–Kier alpha value is -1.39. The fourth-order valence-electron chi connectivity index (χ4n) is 1.93. The number of aromatic nitrogens is 2. The second kappa shape index (κ2) is 5.72. The molecule has 1 aromatic carbocycles. The van der Waals surface area contributed by atoms with Crippen LogP contribution >= 0.6 is 23.2 Å². The van der Waals surface area contributed by atoms with Crippen LogP contribution in [-0.4, -0.2) is 9.78 Å². The van der Waals surface area contributed by atoms with E-state index in [1.807, 2.05) is 17.9 Å². The minimum absolute atomic E-state index is 0.459. The van der Waals surface area contributed by atoms with Crippen molar-refractivity contribution in [3.05, 3.63) is 39.6 Å². The number of aryl methyl sites for hydroxylation is 2. The summed E-state index contributed by atoms with van der Waals surface area (Å²) in [5.74, 6) is 0. The molecule has 0 spiro atoms. The first-order chi connectivity index (χ1) is 9.01. The molecule has 0 aliphatic heterocycles. The van der Waals surface area contributed by atoms with Crippen LogP contribution in [0.2, 0.25) is 10.0 Å². The van der Waals surface area contributed by atoms with Crippen molar-refractivity contribution < 1.29 is 0 Å². The Bertz CT molecular complexity index is 593. The van der Waals surface area contributed by atoms with E-state index >= 15 is 0 Å². The monoisotopic (exact) mass is 298 g/mol. The molecule has 4 nitrogen and oxygen atoms in total. The summed E-state index contributed by atoms with van der Waals surface area (Å²) in [6.45, 7) is 2.73. The quantitative estimate of drug-likeness (QED) is 0.850. The fourth-order valence-corrected chi connectivity index (χ4v) is 2.27. The average molecular weight is 299 g/mol. The number of anilines is 2. The number of nitrogens with one attached hydrogen (secondary N) is 1. The SMILES string of the molecule is CCc1nn(C)cc1CNc1cc(Cl)c(Cl)cc1N. The van der Waals surface area contributed by atoms with Gasteiger partial charge in [-0.15, -0.1) is 0 Å². The van der Waals surface area contributed by atoms with Crippen molar-refractivity contribution in [3.8, 4) is 0 Å². The molecule has 0 unspecified atom stereocenters. The molecule has 0 radical (unpaired) electrons. The van der Waals surface area contributed by atoms with Gasteiger partial charge in [0, 0.05) is 25.4 Å². The first-order valence-electron chi connectivity index (χ1n) is 6.01. The zero-order valence-electron chi connectivity index (χ0n) is 10.9. The van der Waals surface area contributed by atoms with Gasteiger partial charge >= 0.3 is 0 Å². The van der Waals surface area contributed by atoms with Gasteiger partial charge in [0.25, 0.3) is 0 Å². The van der Waals surface area contributed by atoms with Crippen LogP contribution in [0.3, 0.4) is 0 Å². The van der Waals surface area contributed by atoms with Gasteiger partial charge in [-0.1, -0.05) is 30.1 Å². The highest BCUT2D eigenvalue weighted by Gasteiger charge is 2.08. The molecule has 0 amide bonds. The Labute approximate surface area is 122 Å². The lowest BCUT2D eigenvalue weighted by Crippen LogP contribution is -2.03. The third-order valence-electron chi connectivity index (χ3n) is 2.89. The van der Waals surface area contributed by atoms with Crippen molar-refractivity contribution in [2.24, 2.45) is 7.05 Å². The highest BCUT2D eigenvalue weighted by atomic mass is 35.5. The molecular formula is C13H16Cl2N4. The molecule has 0 saturated carbocycles. The molecule has 6 heteroatoms. The van der Waals surface area contributed by atoms with E-state index in [2.05, 4.69) is 17.3 Å². The number of halogens is 2. The molecule has 0 atom stereocenters. The molecule has 0 fully saturated rings. The van der Waals surface area contributed by atoms with Crippen LogP contribution in [0, 0.1) is 0 Å². The van der Waals surface area contributed by atoms with E-state index in [0.29, 0.717) is 22.3 Å². The molecule has 0 aliphatic carbocycles. The summed E-state index contributed by atoms with van der Waals surface area (Å²) in [4.78, 5) is 0. The molecule has 102 valence electrons. The molecule has 1 aromatic heterocycles. The molecule has 2 aromatic rings. The molecule has 3 N–H and O–H groups in total. The van der Waals surface area contributed by atoms with E-state index in [1.54, 1.807) is 12.1 Å². The van der Waals surface area contributed by atoms with E-state index < -0.39 is 0 Å². The Balaban J connectivity index is 2.16. The minimum atomic E-state index is 0.459. The Morgan fingerprint density at radius 2 is 2.00 bits per heavy atom. The van der Waals surface area contributed by atoms with Gasteiger partial charge in [-0.25, -0.2) is 0 Å². The van der Waals surface area contributed by atoms with Crippen LogP contribution in [0.4, 0.5) is 11.4 Å². The van der Waals surface area contributed by atoms with E-state index in [9.17, 15) is 0 Å². The van der Waals surface area contributed by atoms with Gasteiger partial charge in [0.1, 0.15) is 0 Å². The number of hydrogen-bond donors (Lipinski definition) is 2. The maximum Gasteiger partial charge on any atom is 0.0671 e. The summed E-state index contributed by atoms with van der Waals surface area (Å²) in [6.07, 6.45) is 2.90. The first-order valence-corrected chi connectivity index (χ1v) is 6.76. The van der Waals surface area contributed by atoms with Gasteiger partial charge < -0.3 is 11.1 Å². The molecular weight excluding hydrogens is 283 g/mol. The smallest absolute Gasteiger partial charge is 0.0671 e. The number of benzene rings is 1. The molecule has 19 heavy (non-hydrogen) atoms. The van der Waals surface area contributed by atoms with Gasteiger partial charge in [-0.2, -0.15) is 5.10 Å². The predicted molar refractivity (Wildman–Crippen MR) is 80.8 cm³/mol. The van der Waals surface area contributed by atoms with Gasteiger partial charge in [0.2, 0.25) is 0 Å². The standard InChI is InChI=1S/C13H16Cl2N4/c1-3-12-8(7-19(2)18-12)6-17-13-5-10(15)9(14)4-11(13)16/h4-5,7,17H,3,6,16H2,1-2H3. The van der Waals surface area contributed by atoms with Gasteiger partial charge in [0.15, 0.2) is 0 Å². The lowest BCUT2D eigenvalue weighted by atomic mass is 10.2. The van der Waals surface area contributed by atoms with Crippen LogP contribution in [0.5, 0.6) is 0 Å². The van der Waals surface area contributed by atoms with E-state index in [1.165, 1.54) is 0 Å². The summed E-state index contributed by atoms with van der Waals surface area (Å²) < 4.78 is 1.81. The van der Waals surface area contributed by atoms with Crippen LogP contribution in [-0.2, 0) is 20.0 Å². The maximum atomic E-state index is 5.99. The fraction of sp³-hybridized carbons (Fsp3) is 0.308. The normalized spacial score (nSPS) is 10.7. The third-order valence-corrected chi connectivity index (χ3v) is 3.61. The summed E-state index contributed by atoms with van der Waals surface area (Å²) in [5, 5.41) is 8.60. The molecule has 2 rings (SSSR count). The van der Waals surface area contributed by atoms with Crippen LogP contribution in [0.15, 0.2) is 18.3 Å². The van der Waals surface area contributed by atoms with Gasteiger partial charge in [-0.3, -0.25) is 4.68 Å². The number of rotatable bonds is 4.